The molecule has 1 N–H and O–H groups in total. The number of carbonyl (C=O) groups is 3. The first-order valence-corrected chi connectivity index (χ1v) is 10.7. The van der Waals surface area contributed by atoms with Crippen LogP contribution >= 0.6 is 0 Å². The van der Waals surface area contributed by atoms with Gasteiger partial charge in [0, 0.05) is 29.8 Å². The minimum atomic E-state index is -0.288. The minimum Gasteiger partial charge on any atom is -0.495 e. The molecule has 31 heavy (non-hydrogen) atoms. The monoisotopic (exact) mass is 420 g/mol. The number of anilines is 1. The molecule has 1 saturated carbocycles. The van der Waals surface area contributed by atoms with E-state index in [0.717, 1.165) is 42.0 Å². The zero-order valence-electron chi connectivity index (χ0n) is 17.3. The van der Waals surface area contributed by atoms with Crippen LogP contribution in [0.2, 0.25) is 0 Å². The van der Waals surface area contributed by atoms with E-state index >= 15 is 0 Å². The van der Waals surface area contributed by atoms with Gasteiger partial charge in [0.25, 0.3) is 0 Å². The maximum Gasteiger partial charge on any atom is 0.233 e. The van der Waals surface area contributed by atoms with Gasteiger partial charge in [-0.15, -0.1) is 0 Å². The molecule has 1 saturated heterocycles. The van der Waals surface area contributed by atoms with Crippen LogP contribution in [0.1, 0.15) is 32.1 Å². The van der Waals surface area contributed by atoms with Crippen LogP contribution in [0.3, 0.4) is 0 Å². The van der Waals surface area contributed by atoms with Gasteiger partial charge < -0.3 is 14.5 Å². The van der Waals surface area contributed by atoms with Gasteiger partial charge in [-0.2, -0.15) is 0 Å². The van der Waals surface area contributed by atoms with Crippen molar-refractivity contribution < 1.29 is 23.5 Å². The van der Waals surface area contributed by atoms with Crippen LogP contribution in [0, 0.1) is 11.8 Å². The van der Waals surface area contributed by atoms with Crippen LogP contribution in [-0.2, 0) is 14.4 Å². The SMILES string of the molecule is COc1cc2c(cc1NC(=O)CCN1C(=O)C3CCCCC3C1=O)oc1ccccc12. The molecule has 0 bridgehead atoms. The van der Waals surface area contributed by atoms with Crippen LogP contribution in [-0.4, -0.2) is 36.3 Å². The van der Waals surface area contributed by atoms with E-state index in [9.17, 15) is 14.4 Å². The van der Waals surface area contributed by atoms with Crippen LogP contribution in [0.15, 0.2) is 40.8 Å². The third-order valence-electron chi connectivity index (χ3n) is 6.47. The molecule has 0 spiro atoms. The Bertz CT molecular complexity index is 1170. The maximum atomic E-state index is 12.6. The number of hydrogen-bond acceptors (Lipinski definition) is 5. The molecule has 7 nitrogen and oxygen atoms in total. The second-order valence-electron chi connectivity index (χ2n) is 8.27. The predicted molar refractivity (Wildman–Crippen MR) is 116 cm³/mol. The number of fused-ring (bicyclic) bond motifs is 4. The molecule has 7 heteroatoms. The molecule has 160 valence electrons. The predicted octanol–water partition coefficient (Wildman–Crippen LogP) is 4.10. The van der Waals surface area contributed by atoms with Crippen molar-refractivity contribution in [2.24, 2.45) is 11.8 Å². The fraction of sp³-hybridized carbons (Fsp3) is 0.375. The molecule has 2 aromatic carbocycles. The normalized spacial score (nSPS) is 21.0. The van der Waals surface area contributed by atoms with Crippen LogP contribution in [0.5, 0.6) is 5.75 Å². The average Bonchev–Trinajstić information content (AvgIpc) is 3.26. The number of rotatable bonds is 5. The Kier molecular flexibility index (Phi) is 4.88. The quantitative estimate of drug-likeness (QED) is 0.628. The number of carbonyl (C=O) groups excluding carboxylic acids is 3. The number of benzene rings is 2. The van der Waals surface area contributed by atoms with Crippen LogP contribution in [0.4, 0.5) is 5.69 Å². The summed E-state index contributed by atoms with van der Waals surface area (Å²) < 4.78 is 11.4. The van der Waals surface area contributed by atoms with Crippen molar-refractivity contribution in [3.8, 4) is 5.75 Å². The van der Waals surface area contributed by atoms with E-state index in [4.69, 9.17) is 9.15 Å². The van der Waals surface area contributed by atoms with Gasteiger partial charge in [0.05, 0.1) is 24.6 Å². The van der Waals surface area contributed by atoms with E-state index in [1.807, 2.05) is 30.3 Å². The first kappa shape index (κ1) is 19.6. The van der Waals surface area contributed by atoms with Crippen molar-refractivity contribution in [2.45, 2.75) is 32.1 Å². The first-order chi connectivity index (χ1) is 15.1. The number of furan rings is 1. The van der Waals surface area contributed by atoms with Gasteiger partial charge >= 0.3 is 0 Å². The van der Waals surface area contributed by atoms with Gasteiger partial charge in [-0.3, -0.25) is 19.3 Å². The summed E-state index contributed by atoms with van der Waals surface area (Å²) in [6.45, 7) is 0.103. The van der Waals surface area contributed by atoms with Crippen LogP contribution in [0.25, 0.3) is 21.9 Å². The number of methoxy groups -OCH3 is 1. The molecule has 2 unspecified atom stereocenters. The fourth-order valence-corrected chi connectivity index (χ4v) is 4.90. The zero-order valence-corrected chi connectivity index (χ0v) is 17.3. The Morgan fingerprint density at radius 2 is 1.77 bits per heavy atom. The lowest BCUT2D eigenvalue weighted by atomic mass is 9.81. The molecule has 3 aromatic rings. The Hall–Kier alpha value is -3.35. The van der Waals surface area contributed by atoms with Gasteiger partial charge in [0.1, 0.15) is 16.9 Å². The maximum absolute atomic E-state index is 12.6. The second-order valence-corrected chi connectivity index (χ2v) is 8.27. The molecule has 5 rings (SSSR count). The van der Waals surface area contributed by atoms with Gasteiger partial charge in [-0.25, -0.2) is 0 Å². The summed E-state index contributed by atoms with van der Waals surface area (Å²) >= 11 is 0. The number of imide groups is 1. The third-order valence-corrected chi connectivity index (χ3v) is 6.47. The highest BCUT2D eigenvalue weighted by atomic mass is 16.5. The number of ether oxygens (including phenoxy) is 1. The summed E-state index contributed by atoms with van der Waals surface area (Å²) in [6.07, 6.45) is 3.55. The molecule has 2 heterocycles. The summed E-state index contributed by atoms with van der Waals surface area (Å²) in [5, 5.41) is 4.72. The highest BCUT2D eigenvalue weighted by molar-refractivity contribution is 6.08. The average molecular weight is 420 g/mol. The zero-order chi connectivity index (χ0) is 21.5. The van der Waals surface area contributed by atoms with E-state index in [-0.39, 0.29) is 42.5 Å². The first-order valence-electron chi connectivity index (χ1n) is 10.7. The van der Waals surface area contributed by atoms with E-state index in [1.54, 1.807) is 13.2 Å². The summed E-state index contributed by atoms with van der Waals surface area (Å²) in [4.78, 5) is 39.1. The highest BCUT2D eigenvalue weighted by Crippen LogP contribution is 2.38. The molecular formula is C24H24N2O5. The highest BCUT2D eigenvalue weighted by Gasteiger charge is 2.47. The Balaban J connectivity index is 1.31. The van der Waals surface area contributed by atoms with Gasteiger partial charge in [-0.05, 0) is 25.0 Å². The smallest absolute Gasteiger partial charge is 0.233 e. The number of nitrogens with zero attached hydrogens (tertiary/aromatic N) is 1. The molecular weight excluding hydrogens is 396 g/mol. The Morgan fingerprint density at radius 3 is 2.48 bits per heavy atom. The topological polar surface area (TPSA) is 88.9 Å². The van der Waals surface area contributed by atoms with E-state index in [2.05, 4.69) is 5.32 Å². The summed E-state index contributed by atoms with van der Waals surface area (Å²) in [6, 6.07) is 11.3. The molecule has 1 aromatic heterocycles. The molecule has 3 amide bonds. The minimum absolute atomic E-state index is 0.0399. The number of amides is 3. The van der Waals surface area contributed by atoms with Crippen LogP contribution < -0.4 is 10.1 Å². The molecule has 1 aliphatic carbocycles. The lowest BCUT2D eigenvalue weighted by Crippen LogP contribution is -2.34. The second kappa shape index (κ2) is 7.72. The van der Waals surface area contributed by atoms with Crippen molar-refractivity contribution >= 4 is 45.3 Å². The number of nitrogens with one attached hydrogen (secondary N) is 1. The number of para-hydroxylation sites is 1. The van der Waals surface area contributed by atoms with Crippen molar-refractivity contribution in [3.63, 3.8) is 0 Å². The lowest BCUT2D eigenvalue weighted by molar-refractivity contribution is -0.140. The standard InChI is InChI=1S/C24H24N2O5/c1-30-21-12-17-14-6-4-5-9-19(14)31-20(17)13-18(21)25-22(27)10-11-26-23(28)15-7-2-3-8-16(15)24(26)29/h4-6,9,12-13,15-16H,2-3,7-8,10-11H2,1H3,(H,25,27). The molecule has 1 aliphatic heterocycles. The molecule has 2 aliphatic rings. The largest absolute Gasteiger partial charge is 0.495 e. The van der Waals surface area contributed by atoms with Gasteiger partial charge in [0.2, 0.25) is 17.7 Å². The van der Waals surface area contributed by atoms with E-state index < -0.39 is 0 Å². The Morgan fingerprint density at radius 1 is 1.06 bits per heavy atom. The molecule has 2 fully saturated rings. The van der Waals surface area contributed by atoms with Gasteiger partial charge in [0.15, 0.2) is 0 Å². The number of hydrogen-bond donors (Lipinski definition) is 1. The van der Waals surface area contributed by atoms with E-state index in [1.165, 1.54) is 4.90 Å². The number of likely N-dealkylation sites (tertiary alicyclic amines) is 1. The van der Waals surface area contributed by atoms with Crippen molar-refractivity contribution in [1.82, 2.24) is 4.90 Å². The van der Waals surface area contributed by atoms with Crippen molar-refractivity contribution in [2.75, 3.05) is 19.0 Å². The summed E-state index contributed by atoms with van der Waals surface area (Å²) in [7, 11) is 1.54. The molecule has 0 radical (unpaired) electrons. The van der Waals surface area contributed by atoms with Crippen molar-refractivity contribution in [1.29, 1.82) is 0 Å². The Labute approximate surface area is 179 Å². The fourth-order valence-electron chi connectivity index (χ4n) is 4.90. The third kappa shape index (κ3) is 3.34. The van der Waals surface area contributed by atoms with Gasteiger partial charge in [-0.1, -0.05) is 31.0 Å². The summed E-state index contributed by atoms with van der Waals surface area (Å²) in [5.41, 5.74) is 1.90. The molecule has 2 atom stereocenters. The summed E-state index contributed by atoms with van der Waals surface area (Å²) in [5.74, 6) is -0.400. The van der Waals surface area contributed by atoms with E-state index in [0.29, 0.717) is 17.0 Å². The van der Waals surface area contributed by atoms with Crippen molar-refractivity contribution in [3.05, 3.63) is 36.4 Å². The lowest BCUT2D eigenvalue weighted by Gasteiger charge is -2.19.